The summed E-state index contributed by atoms with van der Waals surface area (Å²) in [5.74, 6) is 2.49. The van der Waals surface area contributed by atoms with E-state index in [2.05, 4.69) is 50.9 Å². The zero-order valence-corrected chi connectivity index (χ0v) is 17.0. The number of hydrogen-bond acceptors (Lipinski definition) is 3. The molecule has 5 heteroatoms. The molecule has 26 heavy (non-hydrogen) atoms. The van der Waals surface area contributed by atoms with Crippen molar-refractivity contribution in [3.63, 3.8) is 0 Å². The molecule has 0 saturated carbocycles. The highest BCUT2D eigenvalue weighted by Gasteiger charge is 2.25. The molecule has 2 rings (SSSR count). The summed E-state index contributed by atoms with van der Waals surface area (Å²) in [4.78, 5) is 7.23. The summed E-state index contributed by atoms with van der Waals surface area (Å²) in [6, 6.07) is 8.17. The first-order valence-corrected chi connectivity index (χ1v) is 9.80. The van der Waals surface area contributed by atoms with E-state index in [9.17, 15) is 0 Å². The van der Waals surface area contributed by atoms with Gasteiger partial charge in [0.25, 0.3) is 0 Å². The fourth-order valence-electron chi connectivity index (χ4n) is 3.10. The van der Waals surface area contributed by atoms with Gasteiger partial charge in [-0.3, -0.25) is 0 Å². The molecule has 0 aromatic heterocycles. The molecule has 0 spiro atoms. The topological polar surface area (TPSA) is 46.1 Å². The van der Waals surface area contributed by atoms with Crippen molar-refractivity contribution >= 4 is 5.96 Å². The number of ether oxygens (including phenoxy) is 2. The Bertz CT molecular complexity index is 581. The van der Waals surface area contributed by atoms with Crippen LogP contribution in [-0.2, 0) is 11.3 Å². The molecule has 1 heterocycles. The van der Waals surface area contributed by atoms with Gasteiger partial charge in [-0.1, -0.05) is 18.2 Å². The summed E-state index contributed by atoms with van der Waals surface area (Å²) in [5, 5.41) is 3.43. The SMILES string of the molecule is CCNC(=NCc1ccccc1OC(C)(C)C)N1CCC(COCC)C1. The maximum Gasteiger partial charge on any atom is 0.194 e. The third-order valence-electron chi connectivity index (χ3n) is 4.27. The molecular weight excluding hydrogens is 326 g/mol. The lowest BCUT2D eigenvalue weighted by atomic mass is 10.1. The molecule has 0 amide bonds. The third kappa shape index (κ3) is 6.52. The lowest BCUT2D eigenvalue weighted by Gasteiger charge is -2.24. The number of guanidine groups is 1. The molecule has 1 N–H and O–H groups in total. The maximum absolute atomic E-state index is 6.09. The fraction of sp³-hybridized carbons (Fsp3) is 0.667. The van der Waals surface area contributed by atoms with Crippen molar-refractivity contribution in [3.8, 4) is 5.75 Å². The first-order chi connectivity index (χ1) is 12.4. The molecule has 1 atom stereocenters. The summed E-state index contributed by atoms with van der Waals surface area (Å²) >= 11 is 0. The summed E-state index contributed by atoms with van der Waals surface area (Å²) in [7, 11) is 0. The van der Waals surface area contributed by atoms with E-state index in [1.54, 1.807) is 0 Å². The van der Waals surface area contributed by atoms with Gasteiger partial charge < -0.3 is 19.7 Å². The fourth-order valence-corrected chi connectivity index (χ4v) is 3.10. The van der Waals surface area contributed by atoms with Crippen LogP contribution < -0.4 is 10.1 Å². The van der Waals surface area contributed by atoms with Crippen molar-refractivity contribution in [2.24, 2.45) is 10.9 Å². The molecule has 5 nitrogen and oxygen atoms in total. The second-order valence-corrected chi connectivity index (χ2v) is 7.75. The maximum atomic E-state index is 6.09. The smallest absolute Gasteiger partial charge is 0.194 e. The van der Waals surface area contributed by atoms with Crippen LogP contribution in [0.15, 0.2) is 29.3 Å². The summed E-state index contributed by atoms with van der Waals surface area (Å²) in [5.41, 5.74) is 0.897. The quantitative estimate of drug-likeness (QED) is 0.594. The van der Waals surface area contributed by atoms with Gasteiger partial charge in [0, 0.05) is 37.7 Å². The predicted molar refractivity (Wildman–Crippen MR) is 108 cm³/mol. The average Bonchev–Trinajstić information content (AvgIpc) is 3.05. The molecule has 1 aliphatic heterocycles. The van der Waals surface area contributed by atoms with Crippen LogP contribution in [0.4, 0.5) is 0 Å². The third-order valence-corrected chi connectivity index (χ3v) is 4.27. The normalized spacial score (nSPS) is 18.3. The minimum atomic E-state index is -0.217. The van der Waals surface area contributed by atoms with Gasteiger partial charge in [0.1, 0.15) is 11.4 Å². The Labute approximate surface area is 158 Å². The minimum Gasteiger partial charge on any atom is -0.488 e. The highest BCUT2D eigenvalue weighted by molar-refractivity contribution is 5.80. The molecule has 0 aliphatic carbocycles. The van der Waals surface area contributed by atoms with Crippen LogP contribution in [0.5, 0.6) is 5.75 Å². The zero-order chi connectivity index (χ0) is 19.0. The van der Waals surface area contributed by atoms with E-state index in [-0.39, 0.29) is 5.60 Å². The van der Waals surface area contributed by atoms with Crippen molar-refractivity contribution in [2.75, 3.05) is 32.8 Å². The number of nitrogens with zero attached hydrogens (tertiary/aromatic N) is 2. The Kier molecular flexibility index (Phi) is 7.76. The number of para-hydroxylation sites is 1. The predicted octanol–water partition coefficient (Wildman–Crippen LogP) is 3.69. The zero-order valence-electron chi connectivity index (χ0n) is 17.0. The number of rotatable bonds is 7. The Morgan fingerprint density at radius 3 is 2.73 bits per heavy atom. The number of benzene rings is 1. The average molecular weight is 362 g/mol. The highest BCUT2D eigenvalue weighted by Crippen LogP contribution is 2.24. The Balaban J connectivity index is 2.06. The molecule has 1 aliphatic rings. The van der Waals surface area contributed by atoms with E-state index in [0.29, 0.717) is 12.5 Å². The van der Waals surface area contributed by atoms with E-state index in [0.717, 1.165) is 56.5 Å². The van der Waals surface area contributed by atoms with Crippen molar-refractivity contribution in [3.05, 3.63) is 29.8 Å². The van der Waals surface area contributed by atoms with E-state index in [1.165, 1.54) is 0 Å². The van der Waals surface area contributed by atoms with Crippen LogP contribution in [0.25, 0.3) is 0 Å². The number of nitrogens with one attached hydrogen (secondary N) is 1. The Hall–Kier alpha value is -1.75. The van der Waals surface area contributed by atoms with Gasteiger partial charge in [-0.2, -0.15) is 0 Å². The van der Waals surface area contributed by atoms with Crippen LogP contribution in [0.2, 0.25) is 0 Å². The molecule has 1 fully saturated rings. The van der Waals surface area contributed by atoms with Crippen LogP contribution in [0, 0.1) is 5.92 Å². The van der Waals surface area contributed by atoms with E-state index in [1.807, 2.05) is 18.2 Å². The summed E-state index contributed by atoms with van der Waals surface area (Å²) in [6.45, 7) is 15.5. The van der Waals surface area contributed by atoms with Gasteiger partial charge in [0.05, 0.1) is 13.2 Å². The van der Waals surface area contributed by atoms with Gasteiger partial charge >= 0.3 is 0 Å². The molecule has 0 bridgehead atoms. The molecule has 1 unspecified atom stereocenters. The first kappa shape index (κ1) is 20.6. The van der Waals surface area contributed by atoms with Crippen LogP contribution in [0.1, 0.15) is 46.6 Å². The van der Waals surface area contributed by atoms with Crippen LogP contribution in [0.3, 0.4) is 0 Å². The van der Waals surface area contributed by atoms with E-state index in [4.69, 9.17) is 14.5 Å². The van der Waals surface area contributed by atoms with E-state index >= 15 is 0 Å². The van der Waals surface area contributed by atoms with Gasteiger partial charge in [-0.05, 0) is 47.1 Å². The van der Waals surface area contributed by atoms with Crippen molar-refractivity contribution in [1.82, 2.24) is 10.2 Å². The molecule has 146 valence electrons. The van der Waals surface area contributed by atoms with Crippen molar-refractivity contribution < 1.29 is 9.47 Å². The second kappa shape index (κ2) is 9.81. The van der Waals surface area contributed by atoms with Gasteiger partial charge in [0.2, 0.25) is 0 Å². The lowest BCUT2D eigenvalue weighted by Crippen LogP contribution is -2.40. The largest absolute Gasteiger partial charge is 0.488 e. The summed E-state index contributed by atoms with van der Waals surface area (Å²) in [6.07, 6.45) is 1.16. The number of aliphatic imine (C=N–C) groups is 1. The highest BCUT2D eigenvalue weighted by atomic mass is 16.5. The standard InChI is InChI=1S/C21H35N3O2/c1-6-22-20(24-13-12-17(15-24)16-25-7-2)23-14-18-10-8-9-11-19(18)26-21(3,4)5/h8-11,17H,6-7,12-16H2,1-5H3,(H,22,23). The van der Waals surface area contributed by atoms with Crippen LogP contribution in [-0.4, -0.2) is 49.3 Å². The number of hydrogen-bond donors (Lipinski definition) is 1. The van der Waals surface area contributed by atoms with Crippen molar-refractivity contribution in [2.45, 2.75) is 53.2 Å². The van der Waals surface area contributed by atoms with Crippen molar-refractivity contribution in [1.29, 1.82) is 0 Å². The second-order valence-electron chi connectivity index (χ2n) is 7.75. The first-order valence-electron chi connectivity index (χ1n) is 9.80. The minimum absolute atomic E-state index is 0.217. The van der Waals surface area contributed by atoms with Gasteiger partial charge in [0.15, 0.2) is 5.96 Å². The van der Waals surface area contributed by atoms with Gasteiger partial charge in [-0.15, -0.1) is 0 Å². The Morgan fingerprint density at radius 2 is 2.04 bits per heavy atom. The lowest BCUT2D eigenvalue weighted by molar-refractivity contribution is 0.114. The Morgan fingerprint density at radius 1 is 1.27 bits per heavy atom. The van der Waals surface area contributed by atoms with E-state index < -0.39 is 0 Å². The molecular formula is C21H35N3O2. The number of likely N-dealkylation sites (tertiary alicyclic amines) is 1. The molecule has 1 saturated heterocycles. The monoisotopic (exact) mass is 361 g/mol. The van der Waals surface area contributed by atoms with Gasteiger partial charge in [-0.25, -0.2) is 4.99 Å². The summed E-state index contributed by atoms with van der Waals surface area (Å²) < 4.78 is 11.7. The molecule has 0 radical (unpaired) electrons. The molecule has 1 aromatic carbocycles. The van der Waals surface area contributed by atoms with Crippen LogP contribution >= 0.6 is 0 Å². The molecule has 1 aromatic rings.